The van der Waals surface area contributed by atoms with Crippen LogP contribution >= 0.6 is 8.60 Å². The highest BCUT2D eigenvalue weighted by Crippen LogP contribution is 2.34. The highest BCUT2D eigenvalue weighted by Gasteiger charge is 2.12. The molecule has 0 saturated heterocycles. The van der Waals surface area contributed by atoms with Crippen LogP contribution < -0.4 is 4.52 Å². The molecule has 3 nitrogen and oxygen atoms in total. The molecular weight excluding hydrogens is 211 g/mol. The van der Waals surface area contributed by atoms with E-state index in [-0.39, 0.29) is 0 Å². The van der Waals surface area contributed by atoms with Crippen LogP contribution in [0.5, 0.6) is 5.75 Å². The maximum absolute atomic E-state index is 8.86. The molecule has 15 heavy (non-hydrogen) atoms. The van der Waals surface area contributed by atoms with E-state index in [4.69, 9.17) is 14.3 Å². The minimum atomic E-state index is -2.33. The molecule has 0 saturated carbocycles. The minimum Gasteiger partial charge on any atom is -0.427 e. The fourth-order valence-corrected chi connectivity index (χ4v) is 2.19. The van der Waals surface area contributed by atoms with Gasteiger partial charge in [0.2, 0.25) is 0 Å². The lowest BCUT2D eigenvalue weighted by atomic mass is 9.97. The van der Waals surface area contributed by atoms with E-state index in [1.54, 1.807) is 6.07 Å². The summed E-state index contributed by atoms with van der Waals surface area (Å²) in [6.07, 6.45) is 1.77. The Bertz CT molecular complexity index is 337. The van der Waals surface area contributed by atoms with Gasteiger partial charge in [0.25, 0.3) is 0 Å². The summed E-state index contributed by atoms with van der Waals surface area (Å²) < 4.78 is 5.01. The van der Waals surface area contributed by atoms with Crippen LogP contribution in [0.1, 0.15) is 30.5 Å². The Morgan fingerprint density at radius 1 is 1.13 bits per heavy atom. The minimum absolute atomic E-state index is 0.594. The van der Waals surface area contributed by atoms with Crippen molar-refractivity contribution < 1.29 is 14.3 Å². The molecule has 0 fully saturated rings. The van der Waals surface area contributed by atoms with Gasteiger partial charge in [-0.25, -0.2) is 0 Å². The van der Waals surface area contributed by atoms with Crippen molar-refractivity contribution in [2.75, 3.05) is 0 Å². The van der Waals surface area contributed by atoms with Crippen molar-refractivity contribution in [2.45, 2.75) is 33.6 Å². The van der Waals surface area contributed by atoms with Crippen LogP contribution in [-0.4, -0.2) is 9.79 Å². The molecule has 0 radical (unpaired) electrons. The number of hydrogen-bond acceptors (Lipinski definition) is 3. The van der Waals surface area contributed by atoms with Gasteiger partial charge in [-0.3, -0.25) is 0 Å². The number of benzene rings is 1. The SMILES string of the molecule is CCc1c(C)ccc(OP(O)O)c1CC. The third-order valence-electron chi connectivity index (χ3n) is 2.51. The monoisotopic (exact) mass is 228 g/mol. The molecule has 0 unspecified atom stereocenters. The summed E-state index contributed by atoms with van der Waals surface area (Å²) in [7, 11) is -2.33. The molecule has 1 rings (SSSR count). The lowest BCUT2D eigenvalue weighted by Gasteiger charge is -2.15. The first-order valence-corrected chi connectivity index (χ1v) is 6.23. The lowest BCUT2D eigenvalue weighted by molar-refractivity contribution is 0.373. The second-order valence-electron chi connectivity index (χ2n) is 3.39. The number of aryl methyl sites for hydroxylation is 1. The molecule has 0 heterocycles. The molecule has 0 bridgehead atoms. The highest BCUT2D eigenvalue weighted by atomic mass is 31.2. The Morgan fingerprint density at radius 3 is 2.20 bits per heavy atom. The Labute approximate surface area is 91.7 Å². The maximum atomic E-state index is 8.86. The van der Waals surface area contributed by atoms with Gasteiger partial charge >= 0.3 is 8.60 Å². The molecule has 0 spiro atoms. The van der Waals surface area contributed by atoms with Crippen molar-refractivity contribution in [1.29, 1.82) is 0 Å². The van der Waals surface area contributed by atoms with Gasteiger partial charge in [-0.15, -0.1) is 0 Å². The zero-order valence-corrected chi connectivity index (χ0v) is 10.2. The Balaban J connectivity index is 3.16. The van der Waals surface area contributed by atoms with Crippen molar-refractivity contribution >= 4 is 8.60 Å². The van der Waals surface area contributed by atoms with E-state index >= 15 is 0 Å². The van der Waals surface area contributed by atoms with E-state index in [1.807, 2.05) is 13.0 Å². The molecule has 0 amide bonds. The van der Waals surface area contributed by atoms with E-state index in [2.05, 4.69) is 13.8 Å². The van der Waals surface area contributed by atoms with Crippen LogP contribution in [0.25, 0.3) is 0 Å². The Kier molecular flexibility index (Phi) is 4.52. The topological polar surface area (TPSA) is 49.7 Å². The van der Waals surface area contributed by atoms with Crippen LogP contribution in [0.3, 0.4) is 0 Å². The summed E-state index contributed by atoms with van der Waals surface area (Å²) in [5.74, 6) is 0.594. The summed E-state index contributed by atoms with van der Waals surface area (Å²) >= 11 is 0. The summed E-state index contributed by atoms with van der Waals surface area (Å²) in [5.41, 5.74) is 3.54. The Morgan fingerprint density at radius 2 is 1.73 bits per heavy atom. The zero-order chi connectivity index (χ0) is 11.4. The Hall–Kier alpha value is -0.630. The third kappa shape index (κ3) is 2.91. The standard InChI is InChI=1S/C11H17O3P/c1-4-9-8(3)6-7-11(10(9)5-2)14-15(12)13/h6-7,12-13H,4-5H2,1-3H3. The quantitative estimate of drug-likeness (QED) is 0.779. The smallest absolute Gasteiger partial charge is 0.391 e. The molecule has 4 heteroatoms. The fourth-order valence-electron chi connectivity index (χ4n) is 1.84. The molecule has 84 valence electrons. The number of rotatable bonds is 4. The summed E-state index contributed by atoms with van der Waals surface area (Å²) in [4.78, 5) is 17.7. The lowest BCUT2D eigenvalue weighted by Crippen LogP contribution is -1.99. The molecule has 0 aliphatic rings. The summed E-state index contributed by atoms with van der Waals surface area (Å²) in [5, 5.41) is 0. The molecule has 0 atom stereocenters. The molecular formula is C11H17O3P. The van der Waals surface area contributed by atoms with Crippen molar-refractivity contribution in [3.63, 3.8) is 0 Å². The summed E-state index contributed by atoms with van der Waals surface area (Å²) in [6.45, 7) is 6.19. The molecule has 0 aliphatic heterocycles. The predicted molar refractivity (Wildman–Crippen MR) is 61.9 cm³/mol. The van der Waals surface area contributed by atoms with Crippen LogP contribution in [0.2, 0.25) is 0 Å². The van der Waals surface area contributed by atoms with Gasteiger partial charge in [0.05, 0.1) is 0 Å². The van der Waals surface area contributed by atoms with Gasteiger partial charge in [-0.1, -0.05) is 19.9 Å². The number of hydrogen-bond donors (Lipinski definition) is 2. The van der Waals surface area contributed by atoms with E-state index in [1.165, 1.54) is 11.1 Å². The van der Waals surface area contributed by atoms with Crippen LogP contribution in [-0.2, 0) is 12.8 Å². The van der Waals surface area contributed by atoms with E-state index in [9.17, 15) is 0 Å². The molecule has 0 aliphatic carbocycles. The van der Waals surface area contributed by atoms with Crippen LogP contribution in [0, 0.1) is 6.92 Å². The van der Waals surface area contributed by atoms with Gasteiger partial charge in [-0.05, 0) is 42.5 Å². The maximum Gasteiger partial charge on any atom is 0.391 e. The second-order valence-corrected chi connectivity index (χ2v) is 4.08. The molecule has 1 aromatic carbocycles. The fraction of sp³-hybridized carbons (Fsp3) is 0.455. The highest BCUT2D eigenvalue weighted by molar-refractivity contribution is 7.39. The van der Waals surface area contributed by atoms with Crippen molar-refractivity contribution in [3.8, 4) is 5.75 Å². The third-order valence-corrected chi connectivity index (χ3v) is 2.87. The molecule has 1 aromatic rings. The normalized spacial score (nSPS) is 10.8. The van der Waals surface area contributed by atoms with Gasteiger partial charge in [0.1, 0.15) is 5.75 Å². The van der Waals surface area contributed by atoms with E-state index in [0.717, 1.165) is 18.4 Å². The van der Waals surface area contributed by atoms with Crippen LogP contribution in [0.15, 0.2) is 12.1 Å². The van der Waals surface area contributed by atoms with E-state index < -0.39 is 8.60 Å². The van der Waals surface area contributed by atoms with E-state index in [0.29, 0.717) is 5.75 Å². The van der Waals surface area contributed by atoms with Gasteiger partial charge in [-0.2, -0.15) is 0 Å². The first kappa shape index (κ1) is 12.4. The van der Waals surface area contributed by atoms with Crippen LogP contribution in [0.4, 0.5) is 0 Å². The average Bonchev–Trinajstić information content (AvgIpc) is 2.19. The van der Waals surface area contributed by atoms with Crippen molar-refractivity contribution in [2.24, 2.45) is 0 Å². The predicted octanol–water partition coefficient (Wildman–Crippen LogP) is 2.71. The van der Waals surface area contributed by atoms with Gasteiger partial charge < -0.3 is 14.3 Å². The first-order valence-electron chi connectivity index (χ1n) is 5.07. The zero-order valence-electron chi connectivity index (χ0n) is 9.32. The second kappa shape index (κ2) is 5.45. The van der Waals surface area contributed by atoms with Crippen molar-refractivity contribution in [3.05, 3.63) is 28.8 Å². The first-order chi connectivity index (χ1) is 7.10. The van der Waals surface area contributed by atoms with Gasteiger partial charge in [0.15, 0.2) is 0 Å². The summed E-state index contributed by atoms with van der Waals surface area (Å²) in [6, 6.07) is 3.75. The molecule has 2 N–H and O–H groups in total. The van der Waals surface area contributed by atoms with Gasteiger partial charge in [0, 0.05) is 0 Å². The largest absolute Gasteiger partial charge is 0.427 e. The molecule has 0 aromatic heterocycles. The average molecular weight is 228 g/mol. The van der Waals surface area contributed by atoms with Crippen molar-refractivity contribution in [1.82, 2.24) is 0 Å².